The summed E-state index contributed by atoms with van der Waals surface area (Å²) in [5.41, 5.74) is 6.89. The average molecular weight is 720 g/mol. The summed E-state index contributed by atoms with van der Waals surface area (Å²) >= 11 is 3.62. The lowest BCUT2D eigenvalue weighted by Crippen LogP contribution is -2.32. The number of terminal acetylenes is 1. The molecule has 0 aliphatic carbocycles. The highest BCUT2D eigenvalue weighted by molar-refractivity contribution is 7.26. The first-order valence-electron chi connectivity index (χ1n) is 17.7. The molecule has 2 aromatic heterocycles. The molecule has 0 aliphatic heterocycles. The van der Waals surface area contributed by atoms with E-state index >= 15 is 0 Å². The van der Waals surface area contributed by atoms with E-state index in [0.29, 0.717) is 13.0 Å². The minimum atomic E-state index is 0.491. The second kappa shape index (κ2) is 15.7. The lowest BCUT2D eigenvalue weighted by Gasteiger charge is -2.16. The van der Waals surface area contributed by atoms with Gasteiger partial charge in [-0.1, -0.05) is 133 Å². The summed E-state index contributed by atoms with van der Waals surface area (Å²) < 4.78 is 4.97. The maximum atomic E-state index is 5.43. The van der Waals surface area contributed by atoms with Crippen molar-refractivity contribution in [3.8, 4) is 23.5 Å². The number of allylic oxidation sites excluding steroid dienone is 4. The number of aliphatic imine (C=N–C) groups is 2. The maximum absolute atomic E-state index is 5.43. The number of nitrogens with zero attached hydrogens (tertiary/aromatic N) is 2. The zero-order valence-corrected chi connectivity index (χ0v) is 31.1. The van der Waals surface area contributed by atoms with Gasteiger partial charge in [0.1, 0.15) is 11.7 Å². The molecule has 53 heavy (non-hydrogen) atoms. The van der Waals surface area contributed by atoms with Gasteiger partial charge in [0, 0.05) is 64.9 Å². The number of rotatable bonds is 9. The number of fused-ring (bicyclic) bond motifs is 6. The predicted molar refractivity (Wildman–Crippen MR) is 232 cm³/mol. The van der Waals surface area contributed by atoms with Crippen LogP contribution in [0.1, 0.15) is 28.7 Å². The van der Waals surface area contributed by atoms with Gasteiger partial charge in [-0.2, -0.15) is 0 Å². The SMILES string of the molecule is C#CC/C=C\C=C/Cc1cccc(-c2ccccc2CN=C(NC(=NC)c2cccc3c2sc2ccccc23)c2cccc3sc4ccccc4c23)c1. The van der Waals surface area contributed by atoms with Crippen molar-refractivity contribution >= 4 is 74.7 Å². The van der Waals surface area contributed by atoms with Crippen LogP contribution in [0.15, 0.2) is 168 Å². The minimum Gasteiger partial charge on any atom is -0.324 e. The molecule has 0 spiro atoms. The van der Waals surface area contributed by atoms with E-state index in [0.717, 1.165) is 34.8 Å². The topological polar surface area (TPSA) is 36.8 Å². The summed E-state index contributed by atoms with van der Waals surface area (Å²) in [5, 5.41) is 8.73. The van der Waals surface area contributed by atoms with E-state index in [1.165, 1.54) is 57.0 Å². The molecule has 0 amide bonds. The molecule has 8 rings (SSSR count). The van der Waals surface area contributed by atoms with Gasteiger partial charge in [0.25, 0.3) is 0 Å². The molecule has 0 unspecified atom stereocenters. The van der Waals surface area contributed by atoms with Crippen molar-refractivity contribution in [1.29, 1.82) is 0 Å². The second-order valence-electron chi connectivity index (χ2n) is 12.7. The van der Waals surface area contributed by atoms with E-state index in [9.17, 15) is 0 Å². The Morgan fingerprint density at radius 2 is 1.38 bits per heavy atom. The molecule has 6 aromatic carbocycles. The monoisotopic (exact) mass is 719 g/mol. The molecule has 0 atom stereocenters. The van der Waals surface area contributed by atoms with Gasteiger partial charge in [0.15, 0.2) is 0 Å². The fraction of sp³-hybridized carbons (Fsp3) is 0.0833. The van der Waals surface area contributed by atoms with Crippen LogP contribution in [-0.2, 0) is 13.0 Å². The van der Waals surface area contributed by atoms with Crippen molar-refractivity contribution in [2.24, 2.45) is 9.98 Å². The van der Waals surface area contributed by atoms with Crippen LogP contribution in [-0.4, -0.2) is 18.7 Å². The molecule has 5 heteroatoms. The Balaban J connectivity index is 1.20. The normalized spacial score (nSPS) is 12.5. The van der Waals surface area contributed by atoms with Crippen LogP contribution in [0.3, 0.4) is 0 Å². The van der Waals surface area contributed by atoms with Crippen LogP contribution in [0.4, 0.5) is 0 Å². The molecule has 2 heterocycles. The fourth-order valence-corrected chi connectivity index (χ4v) is 9.27. The molecule has 0 fully saturated rings. The third-order valence-electron chi connectivity index (χ3n) is 9.41. The van der Waals surface area contributed by atoms with Gasteiger partial charge in [-0.25, -0.2) is 0 Å². The zero-order chi connectivity index (χ0) is 36.0. The largest absolute Gasteiger partial charge is 0.324 e. The van der Waals surface area contributed by atoms with E-state index in [1.54, 1.807) is 11.3 Å². The number of hydrogen-bond donors (Lipinski definition) is 1. The summed E-state index contributed by atoms with van der Waals surface area (Å²) in [6.07, 6.45) is 15.1. The van der Waals surface area contributed by atoms with Crippen molar-refractivity contribution in [2.75, 3.05) is 7.05 Å². The Labute approximate surface area is 318 Å². The van der Waals surface area contributed by atoms with Crippen molar-refractivity contribution < 1.29 is 0 Å². The van der Waals surface area contributed by atoms with Gasteiger partial charge >= 0.3 is 0 Å². The van der Waals surface area contributed by atoms with Crippen LogP contribution < -0.4 is 5.32 Å². The Kier molecular flexibility index (Phi) is 10.1. The maximum Gasteiger partial charge on any atom is 0.135 e. The fourth-order valence-electron chi connectivity index (χ4n) is 6.92. The van der Waals surface area contributed by atoms with Crippen LogP contribution in [0.5, 0.6) is 0 Å². The highest BCUT2D eigenvalue weighted by Crippen LogP contribution is 2.38. The van der Waals surface area contributed by atoms with Crippen LogP contribution >= 0.6 is 22.7 Å². The van der Waals surface area contributed by atoms with Gasteiger partial charge < -0.3 is 5.32 Å². The quantitative estimate of drug-likeness (QED) is 0.0686. The van der Waals surface area contributed by atoms with Crippen molar-refractivity contribution in [2.45, 2.75) is 19.4 Å². The van der Waals surface area contributed by atoms with Gasteiger partial charge in [-0.15, -0.1) is 35.0 Å². The number of benzene rings is 6. The first kappa shape index (κ1) is 34.0. The minimum absolute atomic E-state index is 0.491. The summed E-state index contributed by atoms with van der Waals surface area (Å²) in [6, 6.07) is 47.7. The predicted octanol–water partition coefficient (Wildman–Crippen LogP) is 12.4. The zero-order valence-electron chi connectivity index (χ0n) is 29.4. The molecule has 0 saturated carbocycles. The van der Waals surface area contributed by atoms with Crippen LogP contribution in [0.25, 0.3) is 51.5 Å². The molecule has 8 aromatic rings. The summed E-state index contributed by atoms with van der Waals surface area (Å²) in [5.74, 6) is 4.23. The van der Waals surface area contributed by atoms with Crippen molar-refractivity contribution in [3.63, 3.8) is 0 Å². The number of hydrogen-bond acceptors (Lipinski definition) is 4. The van der Waals surface area contributed by atoms with Gasteiger partial charge in [-0.3, -0.25) is 9.98 Å². The van der Waals surface area contributed by atoms with Crippen LogP contribution in [0, 0.1) is 12.3 Å². The van der Waals surface area contributed by atoms with E-state index in [2.05, 4.69) is 157 Å². The number of nitrogens with one attached hydrogen (secondary N) is 1. The lowest BCUT2D eigenvalue weighted by atomic mass is 9.97. The molecule has 0 saturated heterocycles. The van der Waals surface area contributed by atoms with Gasteiger partial charge in [0.05, 0.1) is 6.54 Å². The highest BCUT2D eigenvalue weighted by Gasteiger charge is 2.18. The molecule has 0 bridgehead atoms. The first-order chi connectivity index (χ1) is 26.2. The molecule has 3 nitrogen and oxygen atoms in total. The molecule has 256 valence electrons. The third kappa shape index (κ3) is 7.08. The highest BCUT2D eigenvalue weighted by atomic mass is 32.1. The Bertz CT molecular complexity index is 2770. The second-order valence-corrected chi connectivity index (χ2v) is 14.9. The van der Waals surface area contributed by atoms with Gasteiger partial charge in [-0.05, 0) is 52.9 Å². The Hall–Kier alpha value is -6.06. The molecular formula is C48H37N3S2. The average Bonchev–Trinajstić information content (AvgIpc) is 3.79. The van der Waals surface area contributed by atoms with Gasteiger partial charge in [0.2, 0.25) is 0 Å². The van der Waals surface area contributed by atoms with E-state index in [-0.39, 0.29) is 0 Å². The first-order valence-corrected chi connectivity index (χ1v) is 19.4. The summed E-state index contributed by atoms with van der Waals surface area (Å²) in [6.45, 7) is 0.491. The van der Waals surface area contributed by atoms with E-state index < -0.39 is 0 Å². The molecular weight excluding hydrogens is 683 g/mol. The molecule has 1 N–H and O–H groups in total. The molecule has 0 aliphatic rings. The van der Waals surface area contributed by atoms with E-state index in [1.807, 2.05) is 30.5 Å². The van der Waals surface area contributed by atoms with E-state index in [4.69, 9.17) is 16.4 Å². The standard InChI is InChI=1S/C48H37N3S2/c1-3-4-5-6-7-8-18-33-19-15-21-34(31-33)36-22-10-9-20-35(36)32-50-48(40-26-17-30-44-45(40)39-24-12-14-29-43(39)52-44)51-47(49-2)41-27-16-25-38-37-23-11-13-28-42(37)53-46(38)41/h1,5-17,19-31H,4,18,32H2,2H3,(H,49,50,51)/b6-5-,8-7-. The van der Waals surface area contributed by atoms with Crippen LogP contribution in [0.2, 0.25) is 0 Å². The summed E-state index contributed by atoms with van der Waals surface area (Å²) in [4.78, 5) is 10.3. The Morgan fingerprint density at radius 3 is 2.25 bits per heavy atom. The summed E-state index contributed by atoms with van der Waals surface area (Å²) in [7, 11) is 1.86. The lowest BCUT2D eigenvalue weighted by molar-refractivity contribution is 1.05. The van der Waals surface area contributed by atoms with Crippen molar-refractivity contribution in [3.05, 3.63) is 180 Å². The Morgan fingerprint density at radius 1 is 0.679 bits per heavy atom. The smallest absolute Gasteiger partial charge is 0.135 e. The van der Waals surface area contributed by atoms with Crippen molar-refractivity contribution in [1.82, 2.24) is 5.32 Å². The number of thiophene rings is 2. The number of amidine groups is 2. The third-order valence-corrected chi connectivity index (χ3v) is 11.8. The molecule has 0 radical (unpaired) electrons.